The summed E-state index contributed by atoms with van der Waals surface area (Å²) in [7, 11) is 1.66. The molecule has 1 aliphatic rings. The lowest BCUT2D eigenvalue weighted by Crippen LogP contribution is -2.40. The summed E-state index contributed by atoms with van der Waals surface area (Å²) >= 11 is 1.63. The molecule has 1 saturated heterocycles. The molecule has 5 rings (SSSR count). The molecule has 0 saturated carbocycles. The number of carbonyl (C=O) groups is 1. The summed E-state index contributed by atoms with van der Waals surface area (Å²) in [6, 6.07) is 12.1. The van der Waals surface area contributed by atoms with Crippen molar-refractivity contribution in [3.05, 3.63) is 55.4 Å². The molecular weight excluding hydrogens is 436 g/mol. The first-order valence-corrected chi connectivity index (χ1v) is 11.6. The van der Waals surface area contributed by atoms with Crippen molar-refractivity contribution >= 4 is 34.1 Å². The van der Waals surface area contributed by atoms with Gasteiger partial charge in [0.25, 0.3) is 0 Å². The van der Waals surface area contributed by atoms with E-state index in [0.717, 1.165) is 51.5 Å². The predicted molar refractivity (Wildman–Crippen MR) is 130 cm³/mol. The second-order valence-electron chi connectivity index (χ2n) is 7.93. The lowest BCUT2D eigenvalue weighted by Gasteiger charge is -2.32. The maximum atomic E-state index is 12.2. The van der Waals surface area contributed by atoms with E-state index in [1.807, 2.05) is 33.8 Å². The summed E-state index contributed by atoms with van der Waals surface area (Å²) in [5.74, 6) is 1.14. The number of methoxy groups -OCH3 is 1. The zero-order chi connectivity index (χ0) is 22.9. The molecule has 0 unspecified atom stereocenters. The topological polar surface area (TPSA) is 99.2 Å². The number of thiophene rings is 1. The number of likely N-dealkylation sites (tertiary alicyclic amines) is 1. The van der Waals surface area contributed by atoms with Gasteiger partial charge in [-0.05, 0) is 48.7 Å². The van der Waals surface area contributed by atoms with Crippen molar-refractivity contribution < 1.29 is 9.53 Å². The molecule has 168 valence electrons. The number of hydrogen-bond acceptors (Lipinski definition) is 7. The molecule has 1 atom stereocenters. The Bertz CT molecular complexity index is 1340. The van der Waals surface area contributed by atoms with Crippen LogP contribution >= 0.6 is 11.3 Å². The van der Waals surface area contributed by atoms with Gasteiger partial charge in [-0.3, -0.25) is 4.79 Å². The average molecular weight is 461 g/mol. The normalized spacial score (nSPS) is 16.2. The van der Waals surface area contributed by atoms with Gasteiger partial charge in [-0.15, -0.1) is 11.3 Å². The Labute approximate surface area is 195 Å². The molecular formula is C24H24N6O2S. The number of ether oxygens (including phenoxy) is 1. The van der Waals surface area contributed by atoms with Gasteiger partial charge < -0.3 is 15.4 Å². The first kappa shape index (κ1) is 21.1. The van der Waals surface area contributed by atoms with Crippen molar-refractivity contribution in [1.82, 2.24) is 24.6 Å². The summed E-state index contributed by atoms with van der Waals surface area (Å²) in [6.45, 7) is 4.90. The van der Waals surface area contributed by atoms with E-state index >= 15 is 0 Å². The standard InChI is InChI=1S/C24H24N6O2S/c1-3-20(31)29-11-5-7-16(13-29)30-24-21(23(25)26-14-27-24)22(28-30)19-10-9-18(33-19)15-6-4-8-17(12-15)32-2/h3-4,6,8-10,12,14,16H,1,5,7,11,13H2,2H3,(H2,25,26,27)/t16-/m1/s1. The molecule has 1 fully saturated rings. The highest BCUT2D eigenvalue weighted by Gasteiger charge is 2.28. The Morgan fingerprint density at radius 2 is 2.12 bits per heavy atom. The smallest absolute Gasteiger partial charge is 0.246 e. The molecule has 4 heterocycles. The van der Waals surface area contributed by atoms with Crippen molar-refractivity contribution in [3.63, 3.8) is 0 Å². The number of rotatable bonds is 5. The maximum Gasteiger partial charge on any atom is 0.246 e. The minimum Gasteiger partial charge on any atom is -0.497 e. The van der Waals surface area contributed by atoms with Gasteiger partial charge in [-0.1, -0.05) is 18.7 Å². The van der Waals surface area contributed by atoms with E-state index in [1.54, 1.807) is 18.4 Å². The third-order valence-electron chi connectivity index (χ3n) is 5.94. The van der Waals surface area contributed by atoms with Crippen LogP contribution in [0.2, 0.25) is 0 Å². The molecule has 1 aliphatic heterocycles. The number of fused-ring (bicyclic) bond motifs is 1. The molecule has 8 nitrogen and oxygen atoms in total. The van der Waals surface area contributed by atoms with Crippen molar-refractivity contribution in [2.24, 2.45) is 0 Å². The number of aromatic nitrogens is 4. The van der Waals surface area contributed by atoms with E-state index in [0.29, 0.717) is 18.0 Å². The van der Waals surface area contributed by atoms with Crippen LogP contribution in [0, 0.1) is 0 Å². The summed E-state index contributed by atoms with van der Waals surface area (Å²) in [6.07, 6.45) is 4.62. The second kappa shape index (κ2) is 8.67. The number of benzene rings is 1. The van der Waals surface area contributed by atoms with E-state index in [9.17, 15) is 4.79 Å². The number of nitrogen functional groups attached to an aromatic ring is 1. The van der Waals surface area contributed by atoms with Gasteiger partial charge >= 0.3 is 0 Å². The lowest BCUT2D eigenvalue weighted by molar-refractivity contribution is -0.127. The van der Waals surface area contributed by atoms with Crippen LogP contribution in [-0.4, -0.2) is 50.8 Å². The second-order valence-corrected chi connectivity index (χ2v) is 9.01. The molecule has 33 heavy (non-hydrogen) atoms. The van der Waals surface area contributed by atoms with Gasteiger partial charge in [0.1, 0.15) is 23.6 Å². The Kier molecular flexibility index (Phi) is 5.55. The third kappa shape index (κ3) is 3.84. The van der Waals surface area contributed by atoms with E-state index in [1.165, 1.54) is 12.4 Å². The molecule has 9 heteroatoms. The molecule has 3 aromatic heterocycles. The molecule has 4 aromatic rings. The van der Waals surface area contributed by atoms with Crippen LogP contribution in [-0.2, 0) is 4.79 Å². The van der Waals surface area contributed by atoms with E-state index in [2.05, 4.69) is 28.7 Å². The maximum absolute atomic E-state index is 12.2. The first-order chi connectivity index (χ1) is 16.1. The highest BCUT2D eigenvalue weighted by atomic mass is 32.1. The Morgan fingerprint density at radius 1 is 1.27 bits per heavy atom. The van der Waals surface area contributed by atoms with Crippen LogP contribution < -0.4 is 10.5 Å². The fraction of sp³-hybridized carbons (Fsp3) is 0.250. The van der Waals surface area contributed by atoms with Crippen molar-refractivity contribution in [1.29, 1.82) is 0 Å². The molecule has 0 radical (unpaired) electrons. The quantitative estimate of drug-likeness (QED) is 0.449. The van der Waals surface area contributed by atoms with E-state index in [-0.39, 0.29) is 11.9 Å². The van der Waals surface area contributed by atoms with E-state index < -0.39 is 0 Å². The molecule has 0 spiro atoms. The molecule has 1 aromatic carbocycles. The number of piperidine rings is 1. The van der Waals surface area contributed by atoms with Gasteiger partial charge in [-0.2, -0.15) is 5.10 Å². The number of anilines is 1. The largest absolute Gasteiger partial charge is 0.497 e. The minimum absolute atomic E-state index is 0.00557. The third-order valence-corrected chi connectivity index (χ3v) is 7.08. The van der Waals surface area contributed by atoms with Gasteiger partial charge in [0.15, 0.2) is 5.65 Å². The number of carbonyl (C=O) groups excluding carboxylic acids is 1. The number of hydrogen-bond donors (Lipinski definition) is 1. The SMILES string of the molecule is C=CC(=O)N1CCC[C@@H](n2nc(-c3ccc(-c4cccc(OC)c4)s3)c3c(N)ncnc32)C1. The number of nitrogens with two attached hydrogens (primary N) is 1. The van der Waals surface area contributed by atoms with E-state index in [4.69, 9.17) is 15.6 Å². The molecule has 1 amide bonds. The van der Waals surface area contributed by atoms with Gasteiger partial charge in [-0.25, -0.2) is 14.6 Å². The van der Waals surface area contributed by atoms with Crippen molar-refractivity contribution in [3.8, 4) is 26.8 Å². The van der Waals surface area contributed by atoms with Crippen LogP contribution in [0.15, 0.2) is 55.4 Å². The minimum atomic E-state index is -0.0632. The molecule has 2 N–H and O–H groups in total. The Hall–Kier alpha value is -3.72. The Balaban J connectivity index is 1.57. The Morgan fingerprint density at radius 3 is 2.94 bits per heavy atom. The highest BCUT2D eigenvalue weighted by Crippen LogP contribution is 2.40. The van der Waals surface area contributed by atoms with Gasteiger partial charge in [0, 0.05) is 18.0 Å². The van der Waals surface area contributed by atoms with Crippen LogP contribution in [0.25, 0.3) is 32.0 Å². The van der Waals surface area contributed by atoms with Gasteiger partial charge in [0.2, 0.25) is 5.91 Å². The molecule has 0 bridgehead atoms. The predicted octanol–water partition coefficient (Wildman–Crippen LogP) is 4.16. The summed E-state index contributed by atoms with van der Waals surface area (Å²) in [5, 5.41) is 5.70. The summed E-state index contributed by atoms with van der Waals surface area (Å²) < 4.78 is 7.28. The molecule has 0 aliphatic carbocycles. The van der Waals surface area contributed by atoms with Crippen LogP contribution in [0.1, 0.15) is 18.9 Å². The van der Waals surface area contributed by atoms with Crippen molar-refractivity contribution in [2.45, 2.75) is 18.9 Å². The zero-order valence-electron chi connectivity index (χ0n) is 18.3. The monoisotopic (exact) mass is 460 g/mol. The fourth-order valence-electron chi connectivity index (χ4n) is 4.30. The van der Waals surface area contributed by atoms with Crippen LogP contribution in [0.5, 0.6) is 5.75 Å². The average Bonchev–Trinajstić information content (AvgIpc) is 3.50. The van der Waals surface area contributed by atoms with Crippen LogP contribution in [0.4, 0.5) is 5.82 Å². The number of amides is 1. The summed E-state index contributed by atoms with van der Waals surface area (Å²) in [4.78, 5) is 24.8. The zero-order valence-corrected chi connectivity index (χ0v) is 19.1. The van der Waals surface area contributed by atoms with Crippen LogP contribution in [0.3, 0.4) is 0 Å². The number of nitrogens with zero attached hydrogens (tertiary/aromatic N) is 5. The lowest BCUT2D eigenvalue weighted by atomic mass is 10.1. The fourth-order valence-corrected chi connectivity index (χ4v) is 5.30. The highest BCUT2D eigenvalue weighted by molar-refractivity contribution is 7.18. The first-order valence-electron chi connectivity index (χ1n) is 10.7. The summed E-state index contributed by atoms with van der Waals surface area (Å²) in [5.41, 5.74) is 8.82. The van der Waals surface area contributed by atoms with Crippen molar-refractivity contribution in [2.75, 3.05) is 25.9 Å². The van der Waals surface area contributed by atoms with Gasteiger partial charge in [0.05, 0.1) is 23.4 Å².